The largest absolute Gasteiger partial charge is 0.494 e. The van der Waals surface area contributed by atoms with Crippen molar-refractivity contribution in [3.63, 3.8) is 0 Å². The SMILES string of the molecule is CCCCC(O)CCCOc1ccc(C=CC(=O)O)cc1. The number of benzene rings is 1. The van der Waals surface area contributed by atoms with Gasteiger partial charge in [-0.25, -0.2) is 4.79 Å². The van der Waals surface area contributed by atoms with Crippen molar-refractivity contribution in [1.82, 2.24) is 0 Å². The van der Waals surface area contributed by atoms with Gasteiger partial charge in [0.2, 0.25) is 0 Å². The fraction of sp³-hybridized carbons (Fsp3) is 0.471. The molecule has 1 aromatic carbocycles. The molecule has 0 saturated carbocycles. The van der Waals surface area contributed by atoms with Crippen LogP contribution in [0.5, 0.6) is 5.75 Å². The summed E-state index contributed by atoms with van der Waals surface area (Å²) in [6, 6.07) is 7.25. The average Bonchev–Trinajstić information content (AvgIpc) is 2.48. The number of ether oxygens (including phenoxy) is 1. The van der Waals surface area contributed by atoms with E-state index in [1.165, 1.54) is 6.08 Å². The van der Waals surface area contributed by atoms with E-state index in [1.54, 1.807) is 0 Å². The number of aliphatic hydroxyl groups is 1. The molecule has 0 aliphatic heterocycles. The zero-order valence-electron chi connectivity index (χ0n) is 12.5. The van der Waals surface area contributed by atoms with Crippen LogP contribution >= 0.6 is 0 Å². The highest BCUT2D eigenvalue weighted by Gasteiger charge is 2.03. The summed E-state index contributed by atoms with van der Waals surface area (Å²) in [5.41, 5.74) is 0.819. The lowest BCUT2D eigenvalue weighted by Crippen LogP contribution is -2.08. The first kappa shape index (κ1) is 17.2. The molecule has 0 aliphatic rings. The van der Waals surface area contributed by atoms with Gasteiger partial charge in [-0.2, -0.15) is 0 Å². The van der Waals surface area contributed by atoms with Crippen LogP contribution in [0, 0.1) is 0 Å². The molecule has 0 fully saturated rings. The van der Waals surface area contributed by atoms with E-state index in [-0.39, 0.29) is 6.10 Å². The lowest BCUT2D eigenvalue weighted by atomic mass is 10.1. The summed E-state index contributed by atoms with van der Waals surface area (Å²) in [7, 11) is 0. The maximum atomic E-state index is 10.4. The Morgan fingerprint density at radius 2 is 1.90 bits per heavy atom. The summed E-state index contributed by atoms with van der Waals surface area (Å²) >= 11 is 0. The monoisotopic (exact) mass is 292 g/mol. The second-order valence-electron chi connectivity index (χ2n) is 5.03. The quantitative estimate of drug-likeness (QED) is 0.511. The molecule has 1 unspecified atom stereocenters. The minimum Gasteiger partial charge on any atom is -0.494 e. The van der Waals surface area contributed by atoms with E-state index < -0.39 is 5.97 Å². The van der Waals surface area contributed by atoms with Crippen molar-refractivity contribution in [2.75, 3.05) is 6.61 Å². The molecule has 0 spiro atoms. The van der Waals surface area contributed by atoms with Crippen molar-refractivity contribution in [1.29, 1.82) is 0 Å². The van der Waals surface area contributed by atoms with Gasteiger partial charge in [0.05, 0.1) is 12.7 Å². The molecule has 0 aromatic heterocycles. The van der Waals surface area contributed by atoms with Gasteiger partial charge in [-0.15, -0.1) is 0 Å². The molecule has 21 heavy (non-hydrogen) atoms. The molecule has 4 heteroatoms. The highest BCUT2D eigenvalue weighted by atomic mass is 16.5. The highest BCUT2D eigenvalue weighted by Crippen LogP contribution is 2.14. The van der Waals surface area contributed by atoms with Crippen molar-refractivity contribution in [3.8, 4) is 5.75 Å². The Balaban J connectivity index is 2.25. The number of aliphatic carboxylic acids is 1. The molecule has 0 saturated heterocycles. The van der Waals surface area contributed by atoms with E-state index in [0.29, 0.717) is 6.61 Å². The second-order valence-corrected chi connectivity index (χ2v) is 5.03. The second kappa shape index (κ2) is 10.00. The van der Waals surface area contributed by atoms with Crippen LogP contribution < -0.4 is 4.74 Å². The summed E-state index contributed by atoms with van der Waals surface area (Å²) in [6.07, 6.45) is 7.04. The Hall–Kier alpha value is -1.81. The van der Waals surface area contributed by atoms with E-state index >= 15 is 0 Å². The minimum atomic E-state index is -0.961. The van der Waals surface area contributed by atoms with Crippen molar-refractivity contribution < 1.29 is 19.7 Å². The average molecular weight is 292 g/mol. The standard InChI is InChI=1S/C17H24O4/c1-2-3-5-15(18)6-4-13-21-16-10-7-14(8-11-16)9-12-17(19)20/h7-12,15,18H,2-6,13H2,1H3,(H,19,20). The maximum Gasteiger partial charge on any atom is 0.328 e. The number of aliphatic hydroxyl groups excluding tert-OH is 1. The molecule has 2 N–H and O–H groups in total. The lowest BCUT2D eigenvalue weighted by molar-refractivity contribution is -0.131. The molecule has 0 radical (unpaired) electrons. The first-order valence-corrected chi connectivity index (χ1v) is 7.43. The van der Waals surface area contributed by atoms with Gasteiger partial charge >= 0.3 is 5.97 Å². The van der Waals surface area contributed by atoms with Gasteiger partial charge in [0, 0.05) is 6.08 Å². The summed E-state index contributed by atoms with van der Waals surface area (Å²) in [4.78, 5) is 10.4. The van der Waals surface area contributed by atoms with Crippen LogP contribution in [-0.4, -0.2) is 28.9 Å². The minimum absolute atomic E-state index is 0.225. The third kappa shape index (κ3) is 8.15. The van der Waals surface area contributed by atoms with Crippen LogP contribution in [0.1, 0.15) is 44.6 Å². The molecule has 1 rings (SSSR count). The van der Waals surface area contributed by atoms with E-state index in [4.69, 9.17) is 9.84 Å². The van der Waals surface area contributed by atoms with E-state index in [1.807, 2.05) is 24.3 Å². The lowest BCUT2D eigenvalue weighted by Gasteiger charge is -2.10. The smallest absolute Gasteiger partial charge is 0.328 e. The van der Waals surface area contributed by atoms with E-state index in [9.17, 15) is 9.90 Å². The van der Waals surface area contributed by atoms with Gasteiger partial charge in [0.25, 0.3) is 0 Å². The van der Waals surface area contributed by atoms with Gasteiger partial charge in [-0.05, 0) is 43.0 Å². The number of unbranched alkanes of at least 4 members (excludes halogenated alkanes) is 1. The number of carbonyl (C=O) groups is 1. The summed E-state index contributed by atoms with van der Waals surface area (Å²) in [5, 5.41) is 18.2. The summed E-state index contributed by atoms with van der Waals surface area (Å²) < 4.78 is 5.59. The Morgan fingerprint density at radius 1 is 1.24 bits per heavy atom. The predicted molar refractivity (Wildman–Crippen MR) is 83.4 cm³/mol. The highest BCUT2D eigenvalue weighted by molar-refractivity contribution is 5.85. The number of rotatable bonds is 10. The summed E-state index contributed by atoms with van der Waals surface area (Å²) in [5.74, 6) is -0.206. The Kier molecular flexibility index (Phi) is 8.21. The zero-order valence-corrected chi connectivity index (χ0v) is 12.5. The Morgan fingerprint density at radius 3 is 2.52 bits per heavy atom. The molecule has 0 aliphatic carbocycles. The normalized spacial score (nSPS) is 12.5. The van der Waals surface area contributed by atoms with Crippen molar-refractivity contribution in [3.05, 3.63) is 35.9 Å². The van der Waals surface area contributed by atoms with Crippen LogP contribution in [0.15, 0.2) is 30.3 Å². The number of carboxylic acid groups (broad SMARTS) is 1. The van der Waals surface area contributed by atoms with Crippen molar-refractivity contribution >= 4 is 12.0 Å². The number of carboxylic acids is 1. The fourth-order valence-electron chi connectivity index (χ4n) is 1.94. The van der Waals surface area contributed by atoms with Crippen LogP contribution in [0.4, 0.5) is 0 Å². The zero-order chi connectivity index (χ0) is 15.5. The van der Waals surface area contributed by atoms with Crippen LogP contribution in [0.2, 0.25) is 0 Å². The molecule has 0 bridgehead atoms. The van der Waals surface area contributed by atoms with Crippen LogP contribution in [-0.2, 0) is 4.79 Å². The first-order chi connectivity index (χ1) is 10.1. The maximum absolute atomic E-state index is 10.4. The fourth-order valence-corrected chi connectivity index (χ4v) is 1.94. The molecule has 1 aromatic rings. The van der Waals surface area contributed by atoms with Crippen molar-refractivity contribution in [2.24, 2.45) is 0 Å². The molecule has 0 amide bonds. The number of hydrogen-bond acceptors (Lipinski definition) is 3. The van der Waals surface area contributed by atoms with E-state index in [0.717, 1.165) is 49.5 Å². The van der Waals surface area contributed by atoms with E-state index in [2.05, 4.69) is 6.92 Å². The number of hydrogen-bond donors (Lipinski definition) is 2. The molecular weight excluding hydrogens is 268 g/mol. The molecule has 0 heterocycles. The Bertz CT molecular complexity index is 437. The molecule has 1 atom stereocenters. The Labute approximate surface area is 126 Å². The first-order valence-electron chi connectivity index (χ1n) is 7.43. The van der Waals surface area contributed by atoms with Crippen LogP contribution in [0.25, 0.3) is 6.08 Å². The van der Waals surface area contributed by atoms with Gasteiger partial charge in [0.1, 0.15) is 5.75 Å². The van der Waals surface area contributed by atoms with Gasteiger partial charge < -0.3 is 14.9 Å². The topological polar surface area (TPSA) is 66.8 Å². The third-order valence-corrected chi connectivity index (χ3v) is 3.14. The van der Waals surface area contributed by atoms with Gasteiger partial charge in [-0.3, -0.25) is 0 Å². The van der Waals surface area contributed by atoms with Gasteiger partial charge in [0.15, 0.2) is 0 Å². The summed E-state index contributed by atoms with van der Waals surface area (Å²) in [6.45, 7) is 2.69. The molecular formula is C17H24O4. The molecule has 116 valence electrons. The van der Waals surface area contributed by atoms with Crippen molar-refractivity contribution in [2.45, 2.75) is 45.1 Å². The van der Waals surface area contributed by atoms with Crippen LogP contribution in [0.3, 0.4) is 0 Å². The van der Waals surface area contributed by atoms with Gasteiger partial charge in [-0.1, -0.05) is 31.9 Å². The third-order valence-electron chi connectivity index (χ3n) is 3.14. The predicted octanol–water partition coefficient (Wildman–Crippen LogP) is 3.49. The molecule has 4 nitrogen and oxygen atoms in total.